The van der Waals surface area contributed by atoms with E-state index in [1.165, 1.54) is 37.7 Å². The highest BCUT2D eigenvalue weighted by molar-refractivity contribution is 9.09. The lowest BCUT2D eigenvalue weighted by Gasteiger charge is -2.39. The molecule has 0 radical (unpaired) electrons. The van der Waals surface area contributed by atoms with Crippen molar-refractivity contribution in [1.29, 1.82) is 0 Å². The second-order valence-electron chi connectivity index (χ2n) is 5.25. The minimum atomic E-state index is 0.321. The highest BCUT2D eigenvalue weighted by atomic mass is 79.9. The summed E-state index contributed by atoms with van der Waals surface area (Å²) >= 11 is 3.74. The quantitative estimate of drug-likeness (QED) is 0.690. The molecule has 1 fully saturated rings. The van der Waals surface area contributed by atoms with Gasteiger partial charge in [-0.1, -0.05) is 72.4 Å². The largest absolute Gasteiger partial charge is 0.0918 e. The van der Waals surface area contributed by atoms with Crippen LogP contribution in [0.5, 0.6) is 0 Å². The molecule has 2 rings (SSSR count). The molecule has 1 atom stereocenters. The standard InChI is InChI=1S/C15H21Br/c1-15(12-16,13-8-4-2-5-9-13)14-10-6-3-7-11-14/h2,4-5,8-9,14H,3,6-7,10-12H2,1H3. The van der Waals surface area contributed by atoms with Gasteiger partial charge in [-0.25, -0.2) is 0 Å². The van der Waals surface area contributed by atoms with Crippen molar-refractivity contribution in [3.8, 4) is 0 Å². The molecule has 0 saturated heterocycles. The summed E-state index contributed by atoms with van der Waals surface area (Å²) in [6, 6.07) is 11.0. The normalized spacial score (nSPS) is 21.6. The van der Waals surface area contributed by atoms with Gasteiger partial charge in [-0.2, -0.15) is 0 Å². The van der Waals surface area contributed by atoms with E-state index in [0.717, 1.165) is 11.2 Å². The Morgan fingerprint density at radius 2 is 1.75 bits per heavy atom. The van der Waals surface area contributed by atoms with Crippen LogP contribution in [0.1, 0.15) is 44.6 Å². The summed E-state index contributed by atoms with van der Waals surface area (Å²) in [5.74, 6) is 0.850. The van der Waals surface area contributed by atoms with E-state index in [4.69, 9.17) is 0 Å². The van der Waals surface area contributed by atoms with Crippen molar-refractivity contribution in [3.63, 3.8) is 0 Å². The van der Waals surface area contributed by atoms with Gasteiger partial charge in [0.1, 0.15) is 0 Å². The Balaban J connectivity index is 2.24. The zero-order valence-corrected chi connectivity index (χ0v) is 11.7. The molecule has 1 unspecified atom stereocenters. The van der Waals surface area contributed by atoms with E-state index in [0.29, 0.717) is 5.41 Å². The van der Waals surface area contributed by atoms with E-state index < -0.39 is 0 Å². The van der Waals surface area contributed by atoms with Crippen LogP contribution in [-0.2, 0) is 5.41 Å². The van der Waals surface area contributed by atoms with E-state index in [1.807, 2.05) is 0 Å². The summed E-state index contributed by atoms with van der Waals surface area (Å²) < 4.78 is 0. The molecule has 0 amide bonds. The van der Waals surface area contributed by atoms with Gasteiger partial charge in [-0.3, -0.25) is 0 Å². The van der Waals surface area contributed by atoms with Crippen LogP contribution in [-0.4, -0.2) is 5.33 Å². The van der Waals surface area contributed by atoms with Crippen molar-refractivity contribution >= 4 is 15.9 Å². The maximum Gasteiger partial charge on any atom is 0.0129 e. The number of halogens is 1. The molecule has 0 aromatic heterocycles. The molecular weight excluding hydrogens is 260 g/mol. The van der Waals surface area contributed by atoms with Crippen molar-refractivity contribution in [1.82, 2.24) is 0 Å². The van der Waals surface area contributed by atoms with E-state index in [9.17, 15) is 0 Å². The molecule has 0 bridgehead atoms. The molecule has 0 spiro atoms. The number of hydrogen-bond acceptors (Lipinski definition) is 0. The first-order valence-corrected chi connectivity index (χ1v) is 7.51. The fraction of sp³-hybridized carbons (Fsp3) is 0.600. The number of benzene rings is 1. The van der Waals surface area contributed by atoms with Crippen LogP contribution in [0.3, 0.4) is 0 Å². The average molecular weight is 281 g/mol. The maximum absolute atomic E-state index is 3.74. The van der Waals surface area contributed by atoms with E-state index in [-0.39, 0.29) is 0 Å². The van der Waals surface area contributed by atoms with Gasteiger partial charge in [-0.05, 0) is 24.3 Å². The second-order valence-corrected chi connectivity index (χ2v) is 5.81. The molecule has 1 aromatic carbocycles. The third-order valence-corrected chi connectivity index (χ3v) is 5.38. The number of alkyl halides is 1. The molecule has 0 nitrogen and oxygen atoms in total. The second kappa shape index (κ2) is 5.35. The monoisotopic (exact) mass is 280 g/mol. The van der Waals surface area contributed by atoms with Crippen molar-refractivity contribution < 1.29 is 0 Å². The van der Waals surface area contributed by atoms with Crippen LogP contribution in [0.2, 0.25) is 0 Å². The minimum Gasteiger partial charge on any atom is -0.0918 e. The van der Waals surface area contributed by atoms with Crippen LogP contribution in [0.15, 0.2) is 30.3 Å². The first-order chi connectivity index (χ1) is 7.77. The third-order valence-electron chi connectivity index (χ3n) is 4.22. The fourth-order valence-corrected chi connectivity index (χ4v) is 3.76. The first-order valence-electron chi connectivity index (χ1n) is 6.39. The Kier molecular flexibility index (Phi) is 4.07. The molecule has 1 aromatic rings. The maximum atomic E-state index is 3.74. The molecule has 88 valence electrons. The molecule has 1 saturated carbocycles. The Morgan fingerprint density at radius 1 is 1.12 bits per heavy atom. The van der Waals surface area contributed by atoms with Gasteiger partial charge < -0.3 is 0 Å². The predicted molar refractivity (Wildman–Crippen MR) is 74.2 cm³/mol. The van der Waals surface area contributed by atoms with Crippen LogP contribution >= 0.6 is 15.9 Å². The van der Waals surface area contributed by atoms with Gasteiger partial charge in [0.25, 0.3) is 0 Å². The Morgan fingerprint density at radius 3 is 2.31 bits per heavy atom. The molecule has 16 heavy (non-hydrogen) atoms. The Labute approximate surface area is 108 Å². The van der Waals surface area contributed by atoms with E-state index in [1.54, 1.807) is 0 Å². The summed E-state index contributed by atoms with van der Waals surface area (Å²) in [6.45, 7) is 2.42. The topological polar surface area (TPSA) is 0 Å². The summed E-state index contributed by atoms with van der Waals surface area (Å²) in [5, 5.41) is 1.08. The molecule has 1 aliphatic rings. The van der Waals surface area contributed by atoms with Crippen LogP contribution in [0.25, 0.3) is 0 Å². The number of hydrogen-bond donors (Lipinski definition) is 0. The van der Waals surface area contributed by atoms with E-state index in [2.05, 4.69) is 53.2 Å². The average Bonchev–Trinajstić information content (AvgIpc) is 2.40. The van der Waals surface area contributed by atoms with Crippen molar-refractivity contribution in [3.05, 3.63) is 35.9 Å². The van der Waals surface area contributed by atoms with Gasteiger partial charge in [0, 0.05) is 10.7 Å². The lowest BCUT2D eigenvalue weighted by atomic mass is 9.67. The van der Waals surface area contributed by atoms with Gasteiger partial charge >= 0.3 is 0 Å². The van der Waals surface area contributed by atoms with Crippen molar-refractivity contribution in [2.24, 2.45) is 5.92 Å². The zero-order chi connectivity index (χ0) is 11.4. The summed E-state index contributed by atoms with van der Waals surface area (Å²) in [5.41, 5.74) is 1.82. The molecule has 0 N–H and O–H groups in total. The molecule has 0 aliphatic heterocycles. The van der Waals surface area contributed by atoms with Crippen molar-refractivity contribution in [2.75, 3.05) is 5.33 Å². The third kappa shape index (κ3) is 2.34. The lowest BCUT2D eigenvalue weighted by molar-refractivity contribution is 0.241. The van der Waals surface area contributed by atoms with Crippen LogP contribution < -0.4 is 0 Å². The SMILES string of the molecule is CC(CBr)(c1ccccc1)C1CCCCC1. The van der Waals surface area contributed by atoms with Gasteiger partial charge in [-0.15, -0.1) is 0 Å². The lowest BCUT2D eigenvalue weighted by Crippen LogP contribution is -2.35. The smallest absolute Gasteiger partial charge is 0.0129 e. The summed E-state index contributed by atoms with van der Waals surface area (Å²) in [4.78, 5) is 0. The minimum absolute atomic E-state index is 0.321. The first kappa shape index (κ1) is 12.2. The zero-order valence-electron chi connectivity index (χ0n) is 10.1. The Bertz CT molecular complexity index is 313. The Hall–Kier alpha value is -0.300. The summed E-state index contributed by atoms with van der Waals surface area (Å²) in [6.07, 6.45) is 7.07. The molecular formula is C15H21Br. The predicted octanol–water partition coefficient (Wildman–Crippen LogP) is 4.92. The van der Waals surface area contributed by atoms with E-state index >= 15 is 0 Å². The molecule has 1 heteroatoms. The highest BCUT2D eigenvalue weighted by Gasteiger charge is 2.35. The molecule has 1 aliphatic carbocycles. The van der Waals surface area contributed by atoms with Crippen LogP contribution in [0.4, 0.5) is 0 Å². The van der Waals surface area contributed by atoms with Gasteiger partial charge in [0.2, 0.25) is 0 Å². The van der Waals surface area contributed by atoms with Gasteiger partial charge in [0.05, 0.1) is 0 Å². The van der Waals surface area contributed by atoms with Crippen molar-refractivity contribution in [2.45, 2.75) is 44.4 Å². The fourth-order valence-electron chi connectivity index (χ4n) is 2.98. The van der Waals surface area contributed by atoms with Gasteiger partial charge in [0.15, 0.2) is 0 Å². The van der Waals surface area contributed by atoms with Crippen LogP contribution in [0, 0.1) is 5.92 Å². The highest BCUT2D eigenvalue weighted by Crippen LogP contribution is 2.41. The summed E-state index contributed by atoms with van der Waals surface area (Å²) in [7, 11) is 0. The number of rotatable bonds is 3. The molecule has 0 heterocycles.